The lowest BCUT2D eigenvalue weighted by atomic mass is 10.0. The van der Waals surface area contributed by atoms with Crippen molar-refractivity contribution < 1.29 is 24.2 Å². The Labute approximate surface area is 165 Å². The molecule has 4 rings (SSSR count). The van der Waals surface area contributed by atoms with Gasteiger partial charge in [-0.3, -0.25) is 14.4 Å². The Bertz CT molecular complexity index is 881. The normalized spacial score (nSPS) is 22.1. The van der Waals surface area contributed by atoms with E-state index in [0.29, 0.717) is 17.8 Å². The molecule has 1 aromatic heterocycles. The van der Waals surface area contributed by atoms with Crippen LogP contribution in [-0.2, 0) is 20.7 Å². The molecule has 3 heterocycles. The molecule has 0 radical (unpaired) electrons. The molecule has 3 atom stereocenters. The van der Waals surface area contributed by atoms with E-state index < -0.39 is 12.1 Å². The van der Waals surface area contributed by atoms with Crippen molar-refractivity contribution in [1.82, 2.24) is 10.2 Å². The van der Waals surface area contributed by atoms with E-state index in [2.05, 4.69) is 5.32 Å². The van der Waals surface area contributed by atoms with Crippen LogP contribution >= 0.6 is 11.3 Å². The first kappa shape index (κ1) is 18.6. The van der Waals surface area contributed by atoms with Crippen molar-refractivity contribution in [3.8, 4) is 5.75 Å². The summed E-state index contributed by atoms with van der Waals surface area (Å²) in [5.41, 5.74) is 0.798. The van der Waals surface area contributed by atoms with E-state index in [0.717, 1.165) is 5.56 Å². The smallest absolute Gasteiger partial charge is 0.262 e. The molecule has 0 bridgehead atoms. The number of ketones is 1. The molecule has 2 aromatic rings. The van der Waals surface area contributed by atoms with Crippen LogP contribution in [0, 0.1) is 0 Å². The van der Waals surface area contributed by atoms with E-state index in [1.165, 1.54) is 23.5 Å². The predicted molar refractivity (Wildman–Crippen MR) is 102 cm³/mol. The van der Waals surface area contributed by atoms with Crippen LogP contribution in [0.5, 0.6) is 5.75 Å². The number of hydrogen-bond acceptors (Lipinski definition) is 6. The maximum Gasteiger partial charge on any atom is 0.262 e. The number of phenols is 1. The fourth-order valence-electron chi connectivity index (χ4n) is 3.75. The quantitative estimate of drug-likeness (QED) is 0.790. The van der Waals surface area contributed by atoms with Crippen LogP contribution in [-0.4, -0.2) is 58.9 Å². The van der Waals surface area contributed by atoms with Gasteiger partial charge < -0.3 is 20.1 Å². The maximum atomic E-state index is 13.3. The molecule has 2 aliphatic heterocycles. The molecule has 2 amide bonds. The number of hydrogen-bond donors (Lipinski definition) is 2. The minimum atomic E-state index is -0.814. The van der Waals surface area contributed by atoms with Gasteiger partial charge in [0, 0.05) is 13.0 Å². The predicted octanol–water partition coefficient (Wildman–Crippen LogP) is 1.36. The van der Waals surface area contributed by atoms with Crippen LogP contribution in [0.15, 0.2) is 41.8 Å². The van der Waals surface area contributed by atoms with E-state index in [1.54, 1.807) is 34.5 Å². The number of Topliss-reactive ketones (excluding diaryl/α,β-unsaturated/α-hetero) is 1. The molecule has 8 heteroatoms. The highest BCUT2D eigenvalue weighted by Gasteiger charge is 2.48. The van der Waals surface area contributed by atoms with Crippen molar-refractivity contribution in [2.45, 2.75) is 31.0 Å². The lowest BCUT2D eigenvalue weighted by Gasteiger charge is -2.27. The fraction of sp³-hybridized carbons (Fsp3) is 0.350. The first-order chi connectivity index (χ1) is 13.5. The topological polar surface area (TPSA) is 95.9 Å². The van der Waals surface area contributed by atoms with Crippen molar-refractivity contribution in [2.24, 2.45) is 0 Å². The number of nitrogens with one attached hydrogen (secondary N) is 1. The Hall–Kier alpha value is -2.71. The van der Waals surface area contributed by atoms with Crippen molar-refractivity contribution in [1.29, 1.82) is 0 Å². The Morgan fingerprint density at radius 1 is 1.29 bits per heavy atom. The van der Waals surface area contributed by atoms with E-state index >= 15 is 0 Å². The number of carbonyl (C=O) groups is 3. The van der Waals surface area contributed by atoms with Gasteiger partial charge in [0.15, 0.2) is 5.78 Å². The zero-order valence-electron chi connectivity index (χ0n) is 15.0. The zero-order valence-corrected chi connectivity index (χ0v) is 15.9. The summed E-state index contributed by atoms with van der Waals surface area (Å²) < 4.78 is 5.46. The molecule has 2 saturated heterocycles. The summed E-state index contributed by atoms with van der Waals surface area (Å²) >= 11 is 1.30. The van der Waals surface area contributed by atoms with Crippen molar-refractivity contribution >= 4 is 28.9 Å². The minimum absolute atomic E-state index is 0.0310. The summed E-state index contributed by atoms with van der Waals surface area (Å²) in [4.78, 5) is 40.1. The molecular weight excluding hydrogens is 380 g/mol. The van der Waals surface area contributed by atoms with Gasteiger partial charge in [0.25, 0.3) is 5.91 Å². The fourth-order valence-corrected chi connectivity index (χ4v) is 4.37. The van der Waals surface area contributed by atoms with E-state index in [-0.39, 0.29) is 42.5 Å². The number of nitrogens with zero attached hydrogens (tertiary/aromatic N) is 1. The molecule has 2 aliphatic rings. The maximum absolute atomic E-state index is 13.3. The highest BCUT2D eigenvalue weighted by Crippen LogP contribution is 2.28. The number of ether oxygens (including phenoxy) is 1. The van der Waals surface area contributed by atoms with Gasteiger partial charge >= 0.3 is 0 Å². The lowest BCUT2D eigenvalue weighted by Crippen LogP contribution is -2.53. The van der Waals surface area contributed by atoms with E-state index in [4.69, 9.17) is 4.74 Å². The van der Waals surface area contributed by atoms with Crippen LogP contribution in [0.1, 0.15) is 21.7 Å². The molecule has 0 aliphatic carbocycles. The second kappa shape index (κ2) is 7.73. The average molecular weight is 400 g/mol. The highest BCUT2D eigenvalue weighted by atomic mass is 32.1. The molecular formula is C20H20N2O5S. The molecule has 1 aromatic carbocycles. The van der Waals surface area contributed by atoms with Crippen LogP contribution in [0.2, 0.25) is 0 Å². The lowest BCUT2D eigenvalue weighted by molar-refractivity contribution is -0.138. The van der Waals surface area contributed by atoms with Gasteiger partial charge in [0.1, 0.15) is 24.4 Å². The SMILES string of the molecule is O=C(NC(Cc1ccc(O)cc1)C(=O)N1CCC2OCC(=O)C21)c1cccs1. The number of likely N-dealkylation sites (tertiary alicyclic amines) is 1. The third-order valence-electron chi connectivity index (χ3n) is 5.12. The summed E-state index contributed by atoms with van der Waals surface area (Å²) in [5.74, 6) is -0.574. The Morgan fingerprint density at radius 2 is 2.07 bits per heavy atom. The summed E-state index contributed by atoms with van der Waals surface area (Å²) in [5, 5.41) is 14.1. The van der Waals surface area contributed by atoms with Crippen LogP contribution in [0.25, 0.3) is 0 Å². The average Bonchev–Trinajstić information content (AvgIpc) is 3.42. The molecule has 28 heavy (non-hydrogen) atoms. The number of phenolic OH excluding ortho intramolecular Hbond substituents is 1. The monoisotopic (exact) mass is 400 g/mol. The standard InChI is InChI=1S/C20H20N2O5S/c23-13-5-3-12(4-6-13)10-14(21-19(25)17-2-1-9-28-17)20(26)22-8-7-16-18(22)15(24)11-27-16/h1-6,9,14,16,18,23H,7-8,10-11H2,(H,21,25). The molecule has 146 valence electrons. The summed E-state index contributed by atoms with van der Waals surface area (Å²) in [6.07, 6.45) is 0.630. The molecule has 2 N–H and O–H groups in total. The van der Waals surface area contributed by atoms with Gasteiger partial charge in [-0.25, -0.2) is 0 Å². The largest absolute Gasteiger partial charge is 0.508 e. The molecule has 0 spiro atoms. The second-order valence-corrected chi connectivity index (χ2v) is 7.90. The van der Waals surface area contributed by atoms with E-state index in [9.17, 15) is 19.5 Å². The first-order valence-electron chi connectivity index (χ1n) is 9.10. The minimum Gasteiger partial charge on any atom is -0.508 e. The van der Waals surface area contributed by atoms with Gasteiger partial charge in [-0.15, -0.1) is 11.3 Å². The van der Waals surface area contributed by atoms with Gasteiger partial charge in [-0.1, -0.05) is 18.2 Å². The molecule has 7 nitrogen and oxygen atoms in total. The number of amides is 2. The third kappa shape index (κ3) is 3.65. The second-order valence-electron chi connectivity index (χ2n) is 6.95. The van der Waals surface area contributed by atoms with Gasteiger partial charge in [0.2, 0.25) is 5.91 Å². The Balaban J connectivity index is 1.56. The van der Waals surface area contributed by atoms with Gasteiger partial charge in [-0.2, -0.15) is 0 Å². The summed E-state index contributed by atoms with van der Waals surface area (Å²) in [7, 11) is 0. The van der Waals surface area contributed by atoms with Crippen molar-refractivity contribution in [3.63, 3.8) is 0 Å². The van der Waals surface area contributed by atoms with E-state index in [1.807, 2.05) is 0 Å². The Kier molecular flexibility index (Phi) is 5.15. The van der Waals surface area contributed by atoms with Gasteiger partial charge in [0.05, 0.1) is 11.0 Å². The molecule has 3 unspecified atom stereocenters. The zero-order chi connectivity index (χ0) is 19.7. The molecule has 0 saturated carbocycles. The highest BCUT2D eigenvalue weighted by molar-refractivity contribution is 7.12. The number of carbonyl (C=O) groups excluding carboxylic acids is 3. The van der Waals surface area contributed by atoms with Crippen molar-refractivity contribution in [2.75, 3.05) is 13.2 Å². The summed E-state index contributed by atoms with van der Waals surface area (Å²) in [6, 6.07) is 8.60. The van der Waals surface area contributed by atoms with Crippen LogP contribution in [0.4, 0.5) is 0 Å². The third-order valence-corrected chi connectivity index (χ3v) is 5.99. The number of rotatable bonds is 5. The first-order valence-corrected chi connectivity index (χ1v) is 9.98. The van der Waals surface area contributed by atoms with Crippen LogP contribution in [0.3, 0.4) is 0 Å². The Morgan fingerprint density at radius 3 is 2.79 bits per heavy atom. The van der Waals surface area contributed by atoms with Gasteiger partial charge in [-0.05, 0) is 35.6 Å². The van der Waals surface area contributed by atoms with Crippen LogP contribution < -0.4 is 5.32 Å². The molecule has 2 fully saturated rings. The number of aromatic hydroxyl groups is 1. The number of fused-ring (bicyclic) bond motifs is 1. The van der Waals surface area contributed by atoms with Crippen molar-refractivity contribution in [3.05, 3.63) is 52.2 Å². The summed E-state index contributed by atoms with van der Waals surface area (Å²) in [6.45, 7) is 0.462. The number of thiophene rings is 1. The number of benzene rings is 1.